The Kier molecular flexibility index (Phi) is 19.8. The molecule has 4 aromatic rings. The first kappa shape index (κ1) is 48.8. The van der Waals surface area contributed by atoms with Crippen LogP contribution in [-0.4, -0.2) is 94.7 Å². The van der Waals surface area contributed by atoms with Crippen molar-refractivity contribution in [3.63, 3.8) is 0 Å². The fraction of sp³-hybridized carbons (Fsp3) is 0.348. The van der Waals surface area contributed by atoms with Crippen molar-refractivity contribution in [2.75, 3.05) is 98.4 Å². The van der Waals surface area contributed by atoms with Crippen molar-refractivity contribution in [3.8, 4) is 35.2 Å². The second-order valence-corrected chi connectivity index (χ2v) is 16.1. The topological polar surface area (TPSA) is 98.4 Å². The normalized spacial score (nSPS) is 15.4. The highest BCUT2D eigenvalue weighted by Crippen LogP contribution is 2.34. The van der Waals surface area contributed by atoms with E-state index in [4.69, 9.17) is 67.5 Å². The van der Waals surface area contributed by atoms with Gasteiger partial charge in [-0.05, 0) is 60.4 Å². The highest BCUT2D eigenvalue weighted by molar-refractivity contribution is 6.44. The van der Waals surface area contributed by atoms with Crippen molar-refractivity contribution >= 4 is 105 Å². The van der Waals surface area contributed by atoms with E-state index in [1.54, 1.807) is 0 Å². The lowest BCUT2D eigenvalue weighted by Crippen LogP contribution is -2.46. The molecule has 8 rings (SSSR count). The van der Waals surface area contributed by atoms with Gasteiger partial charge < -0.3 is 35.2 Å². The number of benzene rings is 4. The smallest absolute Gasteiger partial charge is 0.224 e. The Morgan fingerprint density at radius 1 is 0.581 bits per heavy atom. The van der Waals surface area contributed by atoms with E-state index < -0.39 is 0 Å². The molecule has 2 amide bonds. The maximum absolute atomic E-state index is 11.5. The highest BCUT2D eigenvalue weighted by atomic mass is 35.5. The summed E-state index contributed by atoms with van der Waals surface area (Å²) in [6.45, 7) is 8.93. The zero-order valence-corrected chi connectivity index (χ0v) is 38.6. The third-order valence-electron chi connectivity index (χ3n) is 10.2. The van der Waals surface area contributed by atoms with Crippen LogP contribution in [0.2, 0.25) is 20.1 Å². The van der Waals surface area contributed by atoms with Crippen LogP contribution < -0.4 is 35.2 Å². The second kappa shape index (κ2) is 25.2. The van der Waals surface area contributed by atoms with Crippen molar-refractivity contribution in [2.45, 2.75) is 25.7 Å². The van der Waals surface area contributed by atoms with Crippen molar-refractivity contribution in [1.29, 1.82) is 0 Å². The summed E-state index contributed by atoms with van der Waals surface area (Å²) < 4.78 is 11.1. The van der Waals surface area contributed by atoms with E-state index >= 15 is 0 Å². The molecule has 0 aliphatic carbocycles. The minimum Gasteiger partial charge on any atom is -0.481 e. The van der Waals surface area contributed by atoms with E-state index in [0.717, 1.165) is 105 Å². The van der Waals surface area contributed by atoms with Crippen molar-refractivity contribution in [3.05, 3.63) is 104 Å². The van der Waals surface area contributed by atoms with Gasteiger partial charge in [0.25, 0.3) is 0 Å². The molecule has 4 aliphatic rings. The molecule has 62 heavy (non-hydrogen) atoms. The molecule has 0 unspecified atom stereocenters. The molecular formula is C46H48Cl6N6O4. The number of nitrogens with zero attached hydrogens (tertiary/aromatic N) is 3. The van der Waals surface area contributed by atoms with E-state index in [2.05, 4.69) is 54.3 Å². The number of carbonyl (C=O) groups excluding carboxylic acids is 2. The summed E-state index contributed by atoms with van der Waals surface area (Å²) in [6, 6.07) is 23.0. The maximum atomic E-state index is 11.5. The van der Waals surface area contributed by atoms with Gasteiger partial charge in [-0.25, -0.2) is 0 Å². The standard InChI is InChI=1S/C23H23Cl2N3O2.C13H12ClNO2.C10H12Cl2N2.ClH/c24-19-4-3-5-21(23(19)25)28-13-11-27(12-14-28)10-1-2-15-30-18-8-6-17-7-9-22(29)26-20(17)16-18;14-7-1-2-8-17-11-5-3-10-4-6-13(16)15-12(10)9-11;11-8-2-1-3-9(10(8)12)14-6-4-13-5-7-14;/h3-6,8,16H,7,9-15H2,(H,26,29);3,5,9H,4,6-8H2,(H,15,16);1-3,13H,4-7H2;1H. The number of aryl methyl sites for hydroxylation is 2. The molecule has 2 fully saturated rings. The Balaban J connectivity index is 0.000000192. The molecule has 0 aromatic heterocycles. The molecular weight excluding hydrogens is 913 g/mol. The molecule has 0 spiro atoms. The third kappa shape index (κ3) is 14.4. The minimum absolute atomic E-state index is 0. The predicted molar refractivity (Wildman–Crippen MR) is 258 cm³/mol. The molecule has 4 aliphatic heterocycles. The lowest BCUT2D eigenvalue weighted by molar-refractivity contribution is -0.117. The van der Waals surface area contributed by atoms with E-state index in [9.17, 15) is 9.59 Å². The zero-order chi connectivity index (χ0) is 43.0. The summed E-state index contributed by atoms with van der Waals surface area (Å²) in [5.74, 6) is 13.6. The van der Waals surface area contributed by atoms with E-state index in [-0.39, 0.29) is 24.2 Å². The van der Waals surface area contributed by atoms with Gasteiger partial charge in [-0.15, -0.1) is 24.0 Å². The number of amides is 2. The van der Waals surface area contributed by atoms with Crippen LogP contribution in [0.25, 0.3) is 0 Å². The Hall–Kier alpha value is -4.20. The Labute approximate surface area is 395 Å². The third-order valence-corrected chi connectivity index (χ3v) is 12.0. The Bertz CT molecular complexity index is 2280. The lowest BCUT2D eigenvalue weighted by Gasteiger charge is -2.35. The Morgan fingerprint density at radius 3 is 1.56 bits per heavy atom. The molecule has 16 heteroatoms. The van der Waals surface area contributed by atoms with Gasteiger partial charge in [-0.3, -0.25) is 14.5 Å². The van der Waals surface area contributed by atoms with Crippen molar-refractivity contribution < 1.29 is 19.1 Å². The SMILES string of the molecule is Cl.Clc1cccc(N2CCNCC2)c1Cl.O=C1CCc2ccc(OCC#CCCl)cc2N1.O=C1CCc2ccc(OCC#CCN3CCN(c4cccc(Cl)c4Cl)CC3)cc2N1. The maximum Gasteiger partial charge on any atom is 0.224 e. The van der Waals surface area contributed by atoms with Gasteiger partial charge in [0.05, 0.1) is 43.9 Å². The number of nitrogens with one attached hydrogen (secondary N) is 3. The zero-order valence-electron chi connectivity index (χ0n) is 34.0. The fourth-order valence-electron chi connectivity index (χ4n) is 6.96. The number of hydrogen-bond acceptors (Lipinski definition) is 8. The summed E-state index contributed by atoms with van der Waals surface area (Å²) >= 11 is 30.0. The quantitative estimate of drug-likeness (QED) is 0.125. The molecule has 10 nitrogen and oxygen atoms in total. The largest absolute Gasteiger partial charge is 0.481 e. The van der Waals surface area contributed by atoms with Crippen LogP contribution in [0, 0.1) is 23.7 Å². The van der Waals surface area contributed by atoms with Crippen molar-refractivity contribution in [1.82, 2.24) is 10.2 Å². The van der Waals surface area contributed by atoms with Crippen molar-refractivity contribution in [2.24, 2.45) is 0 Å². The lowest BCUT2D eigenvalue weighted by atomic mass is 10.0. The van der Waals surface area contributed by atoms with Gasteiger partial charge in [-0.2, -0.15) is 0 Å². The number of rotatable bonds is 7. The number of ether oxygens (including phenoxy) is 2. The van der Waals surface area contributed by atoms with E-state index in [0.29, 0.717) is 64.3 Å². The second-order valence-electron chi connectivity index (χ2n) is 14.3. The van der Waals surface area contributed by atoms with Crippen LogP contribution in [0.15, 0.2) is 72.8 Å². The van der Waals surface area contributed by atoms with Crippen LogP contribution in [0.3, 0.4) is 0 Å². The van der Waals surface area contributed by atoms with Gasteiger partial charge >= 0.3 is 0 Å². The van der Waals surface area contributed by atoms with Gasteiger partial charge in [0.15, 0.2) is 0 Å². The molecule has 0 saturated carbocycles. The molecule has 328 valence electrons. The van der Waals surface area contributed by atoms with Gasteiger partial charge in [-0.1, -0.05) is 94.4 Å². The summed E-state index contributed by atoms with van der Waals surface area (Å²) in [6.07, 6.45) is 2.65. The number of halogens is 6. The summed E-state index contributed by atoms with van der Waals surface area (Å²) in [5, 5.41) is 11.5. The van der Waals surface area contributed by atoms with E-state index in [1.807, 2.05) is 72.8 Å². The first-order chi connectivity index (χ1) is 29.7. The highest BCUT2D eigenvalue weighted by Gasteiger charge is 2.20. The average molecular weight is 962 g/mol. The monoisotopic (exact) mass is 958 g/mol. The first-order valence-corrected chi connectivity index (χ1v) is 22.1. The molecule has 2 saturated heterocycles. The summed E-state index contributed by atoms with van der Waals surface area (Å²) in [4.78, 5) is 29.6. The van der Waals surface area contributed by atoms with Crippen LogP contribution in [-0.2, 0) is 22.4 Å². The number of anilines is 4. The summed E-state index contributed by atoms with van der Waals surface area (Å²) in [7, 11) is 0. The van der Waals surface area contributed by atoms with Crippen LogP contribution >= 0.6 is 70.4 Å². The van der Waals surface area contributed by atoms with Gasteiger partial charge in [0.2, 0.25) is 11.8 Å². The molecule has 4 heterocycles. The number of piperazine rings is 2. The number of carbonyl (C=O) groups is 2. The number of hydrogen-bond donors (Lipinski definition) is 3. The number of fused-ring (bicyclic) bond motifs is 2. The Morgan fingerprint density at radius 2 is 1.06 bits per heavy atom. The number of alkyl halides is 1. The predicted octanol–water partition coefficient (Wildman–Crippen LogP) is 9.10. The van der Waals surface area contributed by atoms with Gasteiger partial charge in [0, 0.05) is 88.7 Å². The molecule has 0 radical (unpaired) electrons. The molecule has 3 N–H and O–H groups in total. The molecule has 0 atom stereocenters. The average Bonchev–Trinajstić information content (AvgIpc) is 3.28. The molecule has 0 bridgehead atoms. The van der Waals surface area contributed by atoms with Crippen LogP contribution in [0.4, 0.5) is 22.7 Å². The van der Waals surface area contributed by atoms with Crippen LogP contribution in [0.1, 0.15) is 24.0 Å². The summed E-state index contributed by atoms with van der Waals surface area (Å²) in [5.41, 5.74) is 6.00. The van der Waals surface area contributed by atoms with E-state index in [1.165, 1.54) is 0 Å². The fourth-order valence-corrected chi connectivity index (χ4v) is 7.89. The first-order valence-electron chi connectivity index (χ1n) is 20.1. The van der Waals surface area contributed by atoms with Crippen LogP contribution in [0.5, 0.6) is 11.5 Å². The molecule has 4 aromatic carbocycles. The van der Waals surface area contributed by atoms with Gasteiger partial charge in [0.1, 0.15) is 24.7 Å². The minimum atomic E-state index is 0.